The minimum atomic E-state index is -0.273. The lowest BCUT2D eigenvalue weighted by Gasteiger charge is -2.28. The largest absolute Gasteiger partial charge is 0.372 e. The molecule has 0 atom stereocenters. The van der Waals surface area contributed by atoms with Crippen molar-refractivity contribution in [3.63, 3.8) is 0 Å². The van der Waals surface area contributed by atoms with E-state index in [4.69, 9.17) is 5.26 Å². The summed E-state index contributed by atoms with van der Waals surface area (Å²) in [5, 5.41) is 11.7. The lowest BCUT2D eigenvalue weighted by atomic mass is 10.1. The second-order valence-corrected chi connectivity index (χ2v) is 6.91. The van der Waals surface area contributed by atoms with E-state index in [9.17, 15) is 9.59 Å². The van der Waals surface area contributed by atoms with Gasteiger partial charge in [-0.25, -0.2) is 0 Å². The molecule has 1 aliphatic heterocycles. The Kier molecular flexibility index (Phi) is 6.28. The van der Waals surface area contributed by atoms with Gasteiger partial charge < -0.3 is 15.1 Å². The van der Waals surface area contributed by atoms with Crippen LogP contribution in [0.1, 0.15) is 31.7 Å². The Balaban J connectivity index is 1.62. The van der Waals surface area contributed by atoms with Crippen LogP contribution in [0.3, 0.4) is 0 Å². The van der Waals surface area contributed by atoms with E-state index in [1.54, 1.807) is 24.3 Å². The fourth-order valence-corrected chi connectivity index (χ4v) is 3.35. The van der Waals surface area contributed by atoms with E-state index in [2.05, 4.69) is 10.2 Å². The van der Waals surface area contributed by atoms with Gasteiger partial charge in [0.25, 0.3) is 0 Å². The molecule has 0 aliphatic carbocycles. The lowest BCUT2D eigenvalue weighted by Crippen LogP contribution is -2.36. The maximum atomic E-state index is 12.4. The number of carbonyl (C=O) groups is 2. The van der Waals surface area contributed by atoms with Crippen molar-refractivity contribution in [1.82, 2.24) is 0 Å². The molecule has 2 aromatic carbocycles. The Morgan fingerprint density at radius 2 is 1.68 bits per heavy atom. The molecule has 0 spiro atoms. The Bertz CT molecular complexity index is 863. The summed E-state index contributed by atoms with van der Waals surface area (Å²) >= 11 is 0. The van der Waals surface area contributed by atoms with Gasteiger partial charge in [0.15, 0.2) is 0 Å². The van der Waals surface area contributed by atoms with Gasteiger partial charge in [0, 0.05) is 37.1 Å². The van der Waals surface area contributed by atoms with Crippen LogP contribution < -0.4 is 15.1 Å². The number of piperidine rings is 1. The number of nitrogens with zero attached hydrogens (tertiary/aromatic N) is 3. The van der Waals surface area contributed by atoms with Crippen molar-refractivity contribution in [2.24, 2.45) is 0 Å². The van der Waals surface area contributed by atoms with Gasteiger partial charge in [0.2, 0.25) is 11.8 Å². The average Bonchev–Trinajstić information content (AvgIpc) is 2.73. The molecule has 0 bridgehead atoms. The second kappa shape index (κ2) is 9.05. The average molecular weight is 376 g/mol. The standard InChI is InChI=1S/C22H24N4O2/c1-17(27)26(21-9-5-18(15-23)6-10-21)16-22(28)24-19-7-11-20(12-8-19)25-13-3-2-4-14-25/h5-12H,2-4,13-14,16H2,1H3,(H,24,28). The van der Waals surface area contributed by atoms with E-state index in [0.29, 0.717) is 16.9 Å². The number of rotatable bonds is 5. The maximum absolute atomic E-state index is 12.4. The van der Waals surface area contributed by atoms with Crippen LogP contribution in [0, 0.1) is 11.3 Å². The van der Waals surface area contributed by atoms with Crippen LogP contribution in [0.4, 0.5) is 17.1 Å². The normalized spacial score (nSPS) is 13.5. The van der Waals surface area contributed by atoms with Crippen LogP contribution in [0.5, 0.6) is 0 Å². The molecular weight excluding hydrogens is 352 g/mol. The number of hydrogen-bond donors (Lipinski definition) is 1. The van der Waals surface area contributed by atoms with E-state index in [1.165, 1.54) is 36.8 Å². The van der Waals surface area contributed by atoms with E-state index < -0.39 is 0 Å². The van der Waals surface area contributed by atoms with Gasteiger partial charge in [-0.1, -0.05) is 0 Å². The third-order valence-electron chi connectivity index (χ3n) is 4.86. The third kappa shape index (κ3) is 4.89. The van der Waals surface area contributed by atoms with E-state index >= 15 is 0 Å². The molecule has 1 N–H and O–H groups in total. The number of benzene rings is 2. The molecule has 0 aromatic heterocycles. The number of nitriles is 1. The highest BCUT2D eigenvalue weighted by Gasteiger charge is 2.16. The molecule has 2 amide bonds. The first-order valence-electron chi connectivity index (χ1n) is 9.50. The molecule has 144 valence electrons. The van der Waals surface area contributed by atoms with Crippen LogP contribution in [0.25, 0.3) is 0 Å². The molecule has 6 heteroatoms. The van der Waals surface area contributed by atoms with Crippen LogP contribution in [-0.2, 0) is 9.59 Å². The lowest BCUT2D eigenvalue weighted by molar-refractivity contribution is -0.120. The number of anilines is 3. The topological polar surface area (TPSA) is 76.4 Å². The van der Waals surface area contributed by atoms with E-state index in [1.807, 2.05) is 30.3 Å². The quantitative estimate of drug-likeness (QED) is 0.866. The van der Waals surface area contributed by atoms with Crippen LogP contribution in [0.15, 0.2) is 48.5 Å². The van der Waals surface area contributed by atoms with Crippen molar-refractivity contribution in [2.75, 3.05) is 34.8 Å². The molecule has 0 unspecified atom stereocenters. The summed E-state index contributed by atoms with van der Waals surface area (Å²) in [5.74, 6) is -0.509. The summed E-state index contributed by atoms with van der Waals surface area (Å²) in [5.41, 5.74) is 2.96. The molecule has 1 fully saturated rings. The minimum Gasteiger partial charge on any atom is -0.372 e. The fraction of sp³-hybridized carbons (Fsp3) is 0.318. The predicted octanol–water partition coefficient (Wildman–Crippen LogP) is 3.54. The summed E-state index contributed by atoms with van der Waals surface area (Å²) in [6.45, 7) is 3.47. The van der Waals surface area contributed by atoms with Crippen molar-refractivity contribution in [3.05, 3.63) is 54.1 Å². The number of carbonyl (C=O) groups excluding carboxylic acids is 2. The smallest absolute Gasteiger partial charge is 0.244 e. The Morgan fingerprint density at radius 1 is 1.04 bits per heavy atom. The molecule has 0 saturated carbocycles. The SMILES string of the molecule is CC(=O)N(CC(=O)Nc1ccc(N2CCCCC2)cc1)c1ccc(C#N)cc1. The van der Waals surface area contributed by atoms with Crippen molar-refractivity contribution < 1.29 is 9.59 Å². The zero-order valence-electron chi connectivity index (χ0n) is 16.0. The number of nitrogens with one attached hydrogen (secondary N) is 1. The minimum absolute atomic E-state index is 0.0882. The summed E-state index contributed by atoms with van der Waals surface area (Å²) in [7, 11) is 0. The van der Waals surface area contributed by atoms with Crippen LogP contribution >= 0.6 is 0 Å². The van der Waals surface area contributed by atoms with Gasteiger partial charge in [0.1, 0.15) is 6.54 Å². The summed E-state index contributed by atoms with van der Waals surface area (Å²) in [6.07, 6.45) is 3.72. The molecule has 3 rings (SSSR count). The van der Waals surface area contributed by atoms with Gasteiger partial charge in [-0.2, -0.15) is 5.26 Å². The van der Waals surface area contributed by atoms with Gasteiger partial charge >= 0.3 is 0 Å². The van der Waals surface area contributed by atoms with Gasteiger partial charge in [-0.3, -0.25) is 9.59 Å². The van der Waals surface area contributed by atoms with Gasteiger partial charge in [-0.05, 0) is 67.8 Å². The molecule has 2 aromatic rings. The molecule has 6 nitrogen and oxygen atoms in total. The highest BCUT2D eigenvalue weighted by Crippen LogP contribution is 2.22. The molecule has 1 saturated heterocycles. The van der Waals surface area contributed by atoms with Gasteiger partial charge in [0.05, 0.1) is 11.6 Å². The van der Waals surface area contributed by atoms with Crippen molar-refractivity contribution in [2.45, 2.75) is 26.2 Å². The number of amides is 2. The first kappa shape index (κ1) is 19.4. The zero-order valence-corrected chi connectivity index (χ0v) is 16.0. The Morgan fingerprint density at radius 3 is 2.25 bits per heavy atom. The molecule has 1 aliphatic rings. The maximum Gasteiger partial charge on any atom is 0.244 e. The monoisotopic (exact) mass is 376 g/mol. The zero-order chi connectivity index (χ0) is 19.9. The predicted molar refractivity (Wildman–Crippen MR) is 110 cm³/mol. The summed E-state index contributed by atoms with van der Waals surface area (Å²) < 4.78 is 0. The van der Waals surface area contributed by atoms with E-state index in [0.717, 1.165) is 13.1 Å². The Hall–Kier alpha value is -3.33. The first-order valence-corrected chi connectivity index (χ1v) is 9.50. The third-order valence-corrected chi connectivity index (χ3v) is 4.86. The van der Waals surface area contributed by atoms with Crippen molar-refractivity contribution in [3.8, 4) is 6.07 Å². The highest BCUT2D eigenvalue weighted by atomic mass is 16.2. The first-order chi connectivity index (χ1) is 13.6. The van der Waals surface area contributed by atoms with E-state index in [-0.39, 0.29) is 18.4 Å². The summed E-state index contributed by atoms with van der Waals surface area (Å²) in [4.78, 5) is 28.2. The van der Waals surface area contributed by atoms with Gasteiger partial charge in [-0.15, -0.1) is 0 Å². The number of hydrogen-bond acceptors (Lipinski definition) is 4. The second-order valence-electron chi connectivity index (χ2n) is 6.91. The molecule has 28 heavy (non-hydrogen) atoms. The van der Waals surface area contributed by atoms with Crippen LogP contribution in [-0.4, -0.2) is 31.4 Å². The van der Waals surface area contributed by atoms with Crippen molar-refractivity contribution in [1.29, 1.82) is 5.26 Å². The van der Waals surface area contributed by atoms with Crippen molar-refractivity contribution >= 4 is 28.9 Å². The van der Waals surface area contributed by atoms with Crippen LogP contribution in [0.2, 0.25) is 0 Å². The highest BCUT2D eigenvalue weighted by molar-refractivity contribution is 6.01. The summed E-state index contributed by atoms with van der Waals surface area (Å²) in [6, 6.07) is 16.4. The fourth-order valence-electron chi connectivity index (χ4n) is 3.35. The molecule has 1 heterocycles. The molecular formula is C22H24N4O2. The molecule has 0 radical (unpaired) electrons. The Labute approximate surface area is 165 Å².